The molecule has 0 aliphatic carbocycles. The molecule has 2 aromatic rings. The van der Waals surface area contributed by atoms with Crippen molar-refractivity contribution in [2.24, 2.45) is 0 Å². The van der Waals surface area contributed by atoms with Gasteiger partial charge in [0.15, 0.2) is 0 Å². The molecular formula is C19H24ClN3O2. The Morgan fingerprint density at radius 2 is 2.00 bits per heavy atom. The Bertz CT molecular complexity index is 746. The van der Waals surface area contributed by atoms with Crippen LogP contribution < -0.4 is 4.90 Å². The van der Waals surface area contributed by atoms with Crippen molar-refractivity contribution in [3.8, 4) is 0 Å². The van der Waals surface area contributed by atoms with E-state index in [0.29, 0.717) is 6.04 Å². The van der Waals surface area contributed by atoms with Gasteiger partial charge in [-0.3, -0.25) is 9.69 Å². The minimum Gasteiger partial charge on any atom is -0.481 e. The highest BCUT2D eigenvalue weighted by molar-refractivity contribution is 5.85. The monoisotopic (exact) mass is 361 g/mol. The largest absolute Gasteiger partial charge is 0.481 e. The lowest BCUT2D eigenvalue weighted by Gasteiger charge is -2.42. The van der Waals surface area contributed by atoms with Gasteiger partial charge in [0.25, 0.3) is 0 Å². The van der Waals surface area contributed by atoms with Crippen LogP contribution in [0, 0.1) is 0 Å². The van der Waals surface area contributed by atoms with Crippen LogP contribution >= 0.6 is 12.4 Å². The number of hydrogen-bond acceptors (Lipinski definition) is 3. The quantitative estimate of drug-likeness (QED) is 0.909. The number of carboxylic acids is 1. The summed E-state index contributed by atoms with van der Waals surface area (Å²) in [5.41, 5.74) is 4.07. The zero-order chi connectivity index (χ0) is 16.5. The number of para-hydroxylation sites is 1. The van der Waals surface area contributed by atoms with Gasteiger partial charge in [-0.2, -0.15) is 0 Å². The molecule has 2 aliphatic heterocycles. The SMILES string of the molecule is Cl.O=C(O)CCCN1CCN2c3ccccc3Cn3cccc3[C@H]2C1. The van der Waals surface area contributed by atoms with E-state index in [4.69, 9.17) is 5.11 Å². The number of carbonyl (C=O) groups is 1. The van der Waals surface area contributed by atoms with Gasteiger partial charge >= 0.3 is 5.97 Å². The maximum Gasteiger partial charge on any atom is 0.303 e. The summed E-state index contributed by atoms with van der Waals surface area (Å²) in [5.74, 6) is -0.703. The number of aromatic nitrogens is 1. The molecule has 1 saturated heterocycles. The van der Waals surface area contributed by atoms with Crippen LogP contribution in [0.4, 0.5) is 5.69 Å². The highest BCUT2D eigenvalue weighted by Crippen LogP contribution is 2.36. The van der Waals surface area contributed by atoms with Crippen molar-refractivity contribution >= 4 is 24.1 Å². The van der Waals surface area contributed by atoms with Gasteiger partial charge in [0.05, 0.1) is 6.04 Å². The smallest absolute Gasteiger partial charge is 0.303 e. The molecule has 0 bridgehead atoms. The van der Waals surface area contributed by atoms with Crippen LogP contribution in [0.25, 0.3) is 0 Å². The molecule has 1 aromatic heterocycles. The summed E-state index contributed by atoms with van der Waals surface area (Å²) in [4.78, 5) is 15.7. The van der Waals surface area contributed by atoms with Crippen molar-refractivity contribution in [1.29, 1.82) is 0 Å². The lowest BCUT2D eigenvalue weighted by molar-refractivity contribution is -0.137. The molecule has 2 aliphatic rings. The predicted molar refractivity (Wildman–Crippen MR) is 101 cm³/mol. The lowest BCUT2D eigenvalue weighted by atomic mass is 10.1. The average molecular weight is 362 g/mol. The molecule has 3 heterocycles. The summed E-state index contributed by atoms with van der Waals surface area (Å²) in [6.45, 7) is 4.71. The minimum absolute atomic E-state index is 0. The van der Waals surface area contributed by atoms with Gasteiger partial charge < -0.3 is 14.6 Å². The minimum atomic E-state index is -0.703. The Hall–Kier alpha value is -1.98. The van der Waals surface area contributed by atoms with Gasteiger partial charge in [0.1, 0.15) is 0 Å². The molecule has 25 heavy (non-hydrogen) atoms. The van der Waals surface area contributed by atoms with E-state index in [-0.39, 0.29) is 18.8 Å². The molecular weight excluding hydrogens is 338 g/mol. The third-order valence-corrected chi connectivity index (χ3v) is 5.18. The molecule has 1 fully saturated rings. The topological polar surface area (TPSA) is 48.7 Å². The number of hydrogen-bond donors (Lipinski definition) is 1. The van der Waals surface area contributed by atoms with E-state index in [1.54, 1.807) is 0 Å². The van der Waals surface area contributed by atoms with Crippen molar-refractivity contribution in [2.75, 3.05) is 31.1 Å². The van der Waals surface area contributed by atoms with Crippen LogP contribution in [0.15, 0.2) is 42.6 Å². The van der Waals surface area contributed by atoms with E-state index >= 15 is 0 Å². The van der Waals surface area contributed by atoms with Crippen molar-refractivity contribution in [2.45, 2.75) is 25.4 Å². The number of benzene rings is 1. The second-order valence-electron chi connectivity index (χ2n) is 6.70. The highest BCUT2D eigenvalue weighted by atomic mass is 35.5. The molecule has 1 atom stereocenters. The van der Waals surface area contributed by atoms with Crippen LogP contribution in [0.5, 0.6) is 0 Å². The van der Waals surface area contributed by atoms with Crippen molar-refractivity contribution in [3.05, 3.63) is 53.9 Å². The zero-order valence-electron chi connectivity index (χ0n) is 14.2. The van der Waals surface area contributed by atoms with Crippen LogP contribution in [0.1, 0.15) is 30.1 Å². The van der Waals surface area contributed by atoms with E-state index < -0.39 is 5.97 Å². The molecule has 0 radical (unpaired) electrons. The molecule has 5 nitrogen and oxygen atoms in total. The normalized spacial score (nSPS) is 19.2. The second-order valence-corrected chi connectivity index (χ2v) is 6.70. The molecule has 6 heteroatoms. The van der Waals surface area contributed by atoms with E-state index in [9.17, 15) is 4.79 Å². The summed E-state index contributed by atoms with van der Waals surface area (Å²) >= 11 is 0. The number of piperazine rings is 1. The van der Waals surface area contributed by atoms with Gasteiger partial charge in [0, 0.05) is 50.2 Å². The summed E-state index contributed by atoms with van der Waals surface area (Å²) in [6, 6.07) is 13.4. The second kappa shape index (κ2) is 7.50. The third kappa shape index (κ3) is 3.53. The van der Waals surface area contributed by atoms with E-state index in [2.05, 4.69) is 57.0 Å². The first-order valence-electron chi connectivity index (χ1n) is 8.66. The summed E-state index contributed by atoms with van der Waals surface area (Å²) in [6.07, 6.45) is 3.14. The van der Waals surface area contributed by atoms with E-state index in [1.807, 2.05) is 0 Å². The Labute approximate surface area is 154 Å². The van der Waals surface area contributed by atoms with Gasteiger partial charge in [0.2, 0.25) is 0 Å². The Morgan fingerprint density at radius 1 is 1.16 bits per heavy atom. The number of aliphatic carboxylic acids is 1. The van der Waals surface area contributed by atoms with Crippen molar-refractivity contribution in [3.63, 3.8) is 0 Å². The maximum atomic E-state index is 10.8. The molecule has 0 saturated carbocycles. The maximum absolute atomic E-state index is 10.8. The summed E-state index contributed by atoms with van der Waals surface area (Å²) < 4.78 is 2.35. The molecule has 1 aromatic carbocycles. The van der Waals surface area contributed by atoms with Crippen LogP contribution in [-0.2, 0) is 11.3 Å². The average Bonchev–Trinajstić information content (AvgIpc) is 2.98. The van der Waals surface area contributed by atoms with Crippen molar-refractivity contribution < 1.29 is 9.90 Å². The zero-order valence-corrected chi connectivity index (χ0v) is 15.0. The number of rotatable bonds is 4. The first-order valence-corrected chi connectivity index (χ1v) is 8.66. The number of fused-ring (bicyclic) bond motifs is 5. The number of halogens is 1. The van der Waals surface area contributed by atoms with Crippen LogP contribution in [0.2, 0.25) is 0 Å². The number of nitrogens with zero attached hydrogens (tertiary/aromatic N) is 3. The number of anilines is 1. The molecule has 0 unspecified atom stereocenters. The standard InChI is InChI=1S/C19H23N3O2.ClH/c23-19(24)8-4-9-20-11-12-22-16-6-2-1-5-15(16)13-21-10-3-7-17(21)18(22)14-20;/h1-3,5-7,10,18H,4,8-9,11-14H2,(H,23,24);1H/t18-;/m1./s1. The Morgan fingerprint density at radius 3 is 2.84 bits per heavy atom. The third-order valence-electron chi connectivity index (χ3n) is 5.18. The fourth-order valence-corrected chi connectivity index (χ4v) is 4.02. The van der Waals surface area contributed by atoms with Crippen LogP contribution in [-0.4, -0.2) is 46.7 Å². The van der Waals surface area contributed by atoms with Crippen molar-refractivity contribution in [1.82, 2.24) is 9.47 Å². The molecule has 4 rings (SSSR count). The summed E-state index contributed by atoms with van der Waals surface area (Å²) in [7, 11) is 0. The molecule has 1 N–H and O–H groups in total. The fourth-order valence-electron chi connectivity index (χ4n) is 4.02. The van der Waals surface area contributed by atoms with E-state index in [1.165, 1.54) is 16.9 Å². The summed E-state index contributed by atoms with van der Waals surface area (Å²) in [5, 5.41) is 8.85. The highest BCUT2D eigenvalue weighted by Gasteiger charge is 2.33. The molecule has 0 amide bonds. The van der Waals surface area contributed by atoms with E-state index in [0.717, 1.165) is 39.1 Å². The number of carboxylic acid groups (broad SMARTS) is 1. The lowest BCUT2D eigenvalue weighted by Crippen LogP contribution is -2.49. The van der Waals surface area contributed by atoms with Gasteiger partial charge in [-0.15, -0.1) is 12.4 Å². The van der Waals surface area contributed by atoms with Gasteiger partial charge in [-0.05, 0) is 36.7 Å². The first-order chi connectivity index (χ1) is 11.7. The Kier molecular flexibility index (Phi) is 5.35. The Balaban J connectivity index is 0.00000182. The van der Waals surface area contributed by atoms with Gasteiger partial charge in [-0.25, -0.2) is 0 Å². The fraction of sp³-hybridized carbons (Fsp3) is 0.421. The first kappa shape index (κ1) is 17.8. The van der Waals surface area contributed by atoms with Gasteiger partial charge in [-0.1, -0.05) is 18.2 Å². The van der Waals surface area contributed by atoms with Crippen LogP contribution in [0.3, 0.4) is 0 Å². The molecule has 0 spiro atoms. The predicted octanol–water partition coefficient (Wildman–Crippen LogP) is 3.00. The molecule has 134 valence electrons.